The smallest absolute Gasteiger partial charge is 0.300 e. The van der Waals surface area contributed by atoms with Crippen LogP contribution >= 0.6 is 11.6 Å². The van der Waals surface area contributed by atoms with Crippen LogP contribution < -0.4 is 9.64 Å². The molecule has 1 unspecified atom stereocenters. The van der Waals surface area contributed by atoms with Gasteiger partial charge in [0.05, 0.1) is 29.3 Å². The Bertz CT molecular complexity index is 1340. The summed E-state index contributed by atoms with van der Waals surface area (Å²) in [7, 11) is 1.42. The summed E-state index contributed by atoms with van der Waals surface area (Å²) < 4.78 is 5.41. The van der Waals surface area contributed by atoms with Crippen molar-refractivity contribution in [2.24, 2.45) is 0 Å². The topological polar surface area (TPSA) is 87.1 Å². The number of phenolic OH excluding ortho intramolecular Hbond substituents is 1. The number of aliphatic hydroxyl groups is 1. The van der Waals surface area contributed by atoms with E-state index in [1.165, 1.54) is 24.1 Å². The first kappa shape index (κ1) is 23.4. The van der Waals surface area contributed by atoms with Gasteiger partial charge in [-0.25, -0.2) is 0 Å². The Morgan fingerprint density at radius 3 is 2.35 bits per heavy atom. The number of aliphatic hydroxyl groups excluding tert-OH is 1. The number of nitrogens with zero attached hydrogens (tertiary/aromatic N) is 1. The number of carbonyl (C=O) groups is 2. The molecule has 1 saturated heterocycles. The van der Waals surface area contributed by atoms with Crippen LogP contribution in [0.4, 0.5) is 5.69 Å². The first-order valence-corrected chi connectivity index (χ1v) is 11.0. The molecule has 34 heavy (non-hydrogen) atoms. The molecular formula is C27H24ClNO5. The monoisotopic (exact) mass is 477 g/mol. The molecule has 2 N–H and O–H groups in total. The number of halogens is 1. The molecule has 0 aliphatic carbocycles. The predicted molar refractivity (Wildman–Crippen MR) is 132 cm³/mol. The molecule has 0 radical (unpaired) electrons. The van der Waals surface area contributed by atoms with E-state index in [1.54, 1.807) is 37.3 Å². The van der Waals surface area contributed by atoms with Crippen LogP contribution in [-0.2, 0) is 9.59 Å². The van der Waals surface area contributed by atoms with Crippen molar-refractivity contribution in [1.29, 1.82) is 0 Å². The maximum absolute atomic E-state index is 13.4. The van der Waals surface area contributed by atoms with E-state index in [-0.39, 0.29) is 33.4 Å². The summed E-state index contributed by atoms with van der Waals surface area (Å²) in [4.78, 5) is 28.2. The summed E-state index contributed by atoms with van der Waals surface area (Å²) in [5.41, 5.74) is 3.79. The summed E-state index contributed by atoms with van der Waals surface area (Å²) >= 11 is 6.34. The van der Waals surface area contributed by atoms with Crippen molar-refractivity contribution in [3.8, 4) is 11.5 Å². The highest BCUT2D eigenvalue weighted by atomic mass is 35.5. The van der Waals surface area contributed by atoms with Gasteiger partial charge in [-0.1, -0.05) is 35.9 Å². The summed E-state index contributed by atoms with van der Waals surface area (Å²) in [6.45, 7) is 5.60. The van der Waals surface area contributed by atoms with Gasteiger partial charge in [-0.3, -0.25) is 14.5 Å². The number of ether oxygens (including phenoxy) is 1. The van der Waals surface area contributed by atoms with Gasteiger partial charge >= 0.3 is 0 Å². The summed E-state index contributed by atoms with van der Waals surface area (Å²) in [6.07, 6.45) is 0. The van der Waals surface area contributed by atoms with Crippen LogP contribution in [0.2, 0.25) is 5.02 Å². The standard InChI is InChI=1S/C27H24ClNO5/c1-14-12-19(26(34-4)20(28)13-14)24(31)22-23(17-8-10-18(30)11-9-17)29(27(33)25(22)32)21-7-5-6-15(2)16(21)3/h5-13,23,30-31H,1-4H3/b24-22+. The van der Waals surface area contributed by atoms with E-state index in [0.717, 1.165) is 16.7 Å². The summed E-state index contributed by atoms with van der Waals surface area (Å²) in [5, 5.41) is 21.5. The van der Waals surface area contributed by atoms with Crippen LogP contribution in [0.25, 0.3) is 5.76 Å². The zero-order chi connectivity index (χ0) is 24.7. The van der Waals surface area contributed by atoms with Crippen LogP contribution in [0.15, 0.2) is 60.2 Å². The number of hydrogen-bond acceptors (Lipinski definition) is 5. The Labute approximate surface area is 202 Å². The molecule has 0 aromatic heterocycles. The molecule has 1 amide bonds. The average Bonchev–Trinajstić information content (AvgIpc) is 3.06. The third kappa shape index (κ3) is 3.80. The lowest BCUT2D eigenvalue weighted by Crippen LogP contribution is -2.30. The Kier molecular flexibility index (Phi) is 6.11. The maximum Gasteiger partial charge on any atom is 0.300 e. The molecule has 4 rings (SSSR count). The Morgan fingerprint density at radius 2 is 1.71 bits per heavy atom. The van der Waals surface area contributed by atoms with Gasteiger partial charge in [-0.2, -0.15) is 0 Å². The lowest BCUT2D eigenvalue weighted by atomic mass is 9.94. The zero-order valence-corrected chi connectivity index (χ0v) is 20.0. The van der Waals surface area contributed by atoms with E-state index >= 15 is 0 Å². The molecular weight excluding hydrogens is 454 g/mol. The number of Topliss-reactive ketones (excluding diaryl/α,β-unsaturated/α-hetero) is 1. The number of amides is 1. The second-order valence-corrected chi connectivity index (χ2v) is 8.71. The minimum atomic E-state index is -0.926. The van der Waals surface area contributed by atoms with Crippen molar-refractivity contribution in [3.63, 3.8) is 0 Å². The molecule has 3 aromatic carbocycles. The molecule has 1 aliphatic rings. The van der Waals surface area contributed by atoms with Gasteiger partial charge in [0.1, 0.15) is 17.3 Å². The fraction of sp³-hybridized carbons (Fsp3) is 0.185. The molecule has 3 aromatic rings. The van der Waals surface area contributed by atoms with Crippen LogP contribution in [0.1, 0.15) is 33.9 Å². The van der Waals surface area contributed by atoms with Gasteiger partial charge in [-0.05, 0) is 73.4 Å². The first-order valence-electron chi connectivity index (χ1n) is 10.7. The summed E-state index contributed by atoms with van der Waals surface area (Å²) in [5.74, 6) is -1.72. The number of methoxy groups -OCH3 is 1. The molecule has 7 heteroatoms. The third-order valence-electron chi connectivity index (χ3n) is 6.14. The number of hydrogen-bond donors (Lipinski definition) is 2. The SMILES string of the molecule is COc1c(Cl)cc(C)cc1/C(O)=C1\C(=O)C(=O)N(c2cccc(C)c2C)C1c1ccc(O)cc1. The fourth-order valence-corrected chi connectivity index (χ4v) is 4.66. The molecule has 1 fully saturated rings. The molecule has 1 aliphatic heterocycles. The number of rotatable bonds is 4. The Hall–Kier alpha value is -3.77. The normalized spacial score (nSPS) is 17.3. The van der Waals surface area contributed by atoms with E-state index in [4.69, 9.17) is 16.3 Å². The average molecular weight is 478 g/mol. The van der Waals surface area contributed by atoms with Crippen LogP contribution in [-0.4, -0.2) is 29.0 Å². The number of benzene rings is 3. The lowest BCUT2D eigenvalue weighted by Gasteiger charge is -2.27. The highest BCUT2D eigenvalue weighted by Gasteiger charge is 2.47. The van der Waals surface area contributed by atoms with Crippen molar-refractivity contribution < 1.29 is 24.5 Å². The Balaban J connectivity index is 2.04. The van der Waals surface area contributed by atoms with Crippen molar-refractivity contribution in [1.82, 2.24) is 0 Å². The lowest BCUT2D eigenvalue weighted by molar-refractivity contribution is -0.132. The Morgan fingerprint density at radius 1 is 1.03 bits per heavy atom. The molecule has 1 heterocycles. The minimum Gasteiger partial charge on any atom is -0.508 e. The summed E-state index contributed by atoms with van der Waals surface area (Å²) in [6, 6.07) is 14.1. The van der Waals surface area contributed by atoms with Gasteiger partial charge in [0, 0.05) is 5.69 Å². The van der Waals surface area contributed by atoms with Crippen molar-refractivity contribution in [2.45, 2.75) is 26.8 Å². The predicted octanol–water partition coefficient (Wildman–Crippen LogP) is 5.61. The zero-order valence-electron chi connectivity index (χ0n) is 19.2. The minimum absolute atomic E-state index is 0.0413. The number of ketones is 1. The second-order valence-electron chi connectivity index (χ2n) is 8.31. The van der Waals surface area contributed by atoms with Crippen molar-refractivity contribution >= 4 is 34.7 Å². The van der Waals surface area contributed by atoms with E-state index in [2.05, 4.69) is 0 Å². The highest BCUT2D eigenvalue weighted by molar-refractivity contribution is 6.52. The molecule has 0 spiro atoms. The quantitative estimate of drug-likeness (QED) is 0.290. The molecule has 6 nitrogen and oxygen atoms in total. The van der Waals surface area contributed by atoms with E-state index in [0.29, 0.717) is 11.3 Å². The number of carbonyl (C=O) groups excluding carboxylic acids is 2. The van der Waals surface area contributed by atoms with E-state index in [9.17, 15) is 19.8 Å². The van der Waals surface area contributed by atoms with Crippen LogP contribution in [0, 0.1) is 20.8 Å². The van der Waals surface area contributed by atoms with Gasteiger partial charge in [0.25, 0.3) is 11.7 Å². The van der Waals surface area contributed by atoms with Gasteiger partial charge in [-0.15, -0.1) is 0 Å². The molecule has 174 valence electrons. The third-order valence-corrected chi connectivity index (χ3v) is 6.42. The van der Waals surface area contributed by atoms with Crippen molar-refractivity contribution in [3.05, 3.63) is 93.0 Å². The molecule has 0 bridgehead atoms. The molecule has 0 saturated carbocycles. The number of aryl methyl sites for hydroxylation is 2. The number of aromatic hydroxyl groups is 1. The van der Waals surface area contributed by atoms with Crippen LogP contribution in [0.3, 0.4) is 0 Å². The van der Waals surface area contributed by atoms with E-state index < -0.39 is 17.7 Å². The number of anilines is 1. The first-order chi connectivity index (χ1) is 16.1. The largest absolute Gasteiger partial charge is 0.508 e. The van der Waals surface area contributed by atoms with Crippen molar-refractivity contribution in [2.75, 3.05) is 12.0 Å². The highest BCUT2D eigenvalue weighted by Crippen LogP contribution is 2.45. The second kappa shape index (κ2) is 8.88. The van der Waals surface area contributed by atoms with Crippen LogP contribution in [0.5, 0.6) is 11.5 Å². The maximum atomic E-state index is 13.4. The van der Waals surface area contributed by atoms with Gasteiger partial charge < -0.3 is 14.9 Å². The molecule has 1 atom stereocenters. The number of phenols is 1. The van der Waals surface area contributed by atoms with Gasteiger partial charge in [0.15, 0.2) is 0 Å². The van der Waals surface area contributed by atoms with Gasteiger partial charge in [0.2, 0.25) is 0 Å². The van der Waals surface area contributed by atoms with E-state index in [1.807, 2.05) is 26.0 Å². The fourth-order valence-electron chi connectivity index (χ4n) is 4.31.